The van der Waals surface area contributed by atoms with E-state index in [1.54, 1.807) is 27.7 Å². The summed E-state index contributed by atoms with van der Waals surface area (Å²) >= 11 is 0. The molecule has 0 aromatic carbocycles. The maximum absolute atomic E-state index is 13.1. The standard InChI is InChI=1S/C23H50O8Si4/c1-22(2,23(3,4)21(25)28-18-19-17-27-19)20(24)26-15-14-16-35(29-32(5,6)7,30-33(8,9)10)31-34(11,12)13/h19H,14-18H2,1-13H3. The number of rotatable bonds is 15. The Morgan fingerprint density at radius 2 is 1.11 bits per heavy atom. The normalized spacial score (nSPS) is 17.8. The predicted octanol–water partition coefficient (Wildman–Crippen LogP) is 5.41. The van der Waals surface area contributed by atoms with Crippen LogP contribution in [0.5, 0.6) is 0 Å². The lowest BCUT2D eigenvalue weighted by Gasteiger charge is -2.43. The van der Waals surface area contributed by atoms with Gasteiger partial charge in [-0.05, 0) is 93.0 Å². The van der Waals surface area contributed by atoms with E-state index < -0.39 is 56.5 Å². The molecule has 12 heteroatoms. The van der Waals surface area contributed by atoms with Crippen molar-refractivity contribution >= 4 is 45.7 Å². The van der Waals surface area contributed by atoms with Gasteiger partial charge in [-0.3, -0.25) is 9.59 Å². The van der Waals surface area contributed by atoms with Crippen molar-refractivity contribution in [2.75, 3.05) is 19.8 Å². The maximum Gasteiger partial charge on any atom is 0.469 e. The number of hydrogen-bond acceptors (Lipinski definition) is 8. The zero-order valence-electron chi connectivity index (χ0n) is 24.4. The minimum Gasteiger partial charge on any atom is -0.465 e. The van der Waals surface area contributed by atoms with Crippen LogP contribution in [-0.4, -0.2) is 71.6 Å². The molecule has 0 aromatic heterocycles. The van der Waals surface area contributed by atoms with Crippen molar-refractivity contribution in [2.24, 2.45) is 10.8 Å². The number of hydrogen-bond donors (Lipinski definition) is 0. The van der Waals surface area contributed by atoms with Gasteiger partial charge in [-0.1, -0.05) is 0 Å². The zero-order chi connectivity index (χ0) is 27.5. The minimum atomic E-state index is -2.98. The van der Waals surface area contributed by atoms with Crippen molar-refractivity contribution in [2.45, 2.75) is 105 Å². The van der Waals surface area contributed by atoms with E-state index >= 15 is 0 Å². The van der Waals surface area contributed by atoms with Gasteiger partial charge >= 0.3 is 20.7 Å². The summed E-state index contributed by atoms with van der Waals surface area (Å²) in [4.78, 5) is 25.8. The highest BCUT2D eigenvalue weighted by Gasteiger charge is 2.52. The van der Waals surface area contributed by atoms with E-state index in [1.165, 1.54) is 0 Å². The van der Waals surface area contributed by atoms with Crippen molar-refractivity contribution in [3.8, 4) is 0 Å². The molecule has 206 valence electrons. The van der Waals surface area contributed by atoms with E-state index in [0.29, 0.717) is 19.1 Å². The van der Waals surface area contributed by atoms with Gasteiger partial charge in [0.1, 0.15) is 12.7 Å². The van der Waals surface area contributed by atoms with E-state index in [4.69, 9.17) is 26.6 Å². The molecule has 0 aromatic rings. The zero-order valence-corrected chi connectivity index (χ0v) is 28.4. The third-order valence-corrected chi connectivity index (χ3v) is 17.7. The lowest BCUT2D eigenvalue weighted by atomic mass is 9.68. The summed E-state index contributed by atoms with van der Waals surface area (Å²) in [6.45, 7) is 27.2. The molecule has 0 saturated carbocycles. The summed E-state index contributed by atoms with van der Waals surface area (Å²) in [5.74, 6) is -0.866. The number of carbonyl (C=O) groups is 2. The van der Waals surface area contributed by atoms with Crippen molar-refractivity contribution in [1.82, 2.24) is 0 Å². The van der Waals surface area contributed by atoms with Gasteiger partial charge in [0.2, 0.25) is 0 Å². The Labute approximate surface area is 217 Å². The van der Waals surface area contributed by atoms with Gasteiger partial charge in [-0.25, -0.2) is 0 Å². The molecule has 1 rings (SSSR count). The second-order valence-corrected chi connectivity index (χ2v) is 30.4. The number of esters is 2. The Bertz CT molecular complexity index is 690. The van der Waals surface area contributed by atoms with Gasteiger partial charge in [0, 0.05) is 6.04 Å². The lowest BCUT2D eigenvalue weighted by Crippen LogP contribution is -2.60. The molecule has 0 spiro atoms. The molecule has 1 unspecified atom stereocenters. The van der Waals surface area contributed by atoms with Gasteiger partial charge in [0.15, 0.2) is 25.0 Å². The van der Waals surface area contributed by atoms with Crippen LogP contribution in [-0.2, 0) is 36.1 Å². The molecule has 8 nitrogen and oxygen atoms in total. The second kappa shape index (κ2) is 11.6. The van der Waals surface area contributed by atoms with Crippen LogP contribution in [0.2, 0.25) is 65.0 Å². The van der Waals surface area contributed by atoms with Crippen molar-refractivity contribution in [3.63, 3.8) is 0 Å². The fraction of sp³-hybridized carbons (Fsp3) is 0.913. The summed E-state index contributed by atoms with van der Waals surface area (Å²) in [6.07, 6.45) is 0.543. The molecule has 0 radical (unpaired) electrons. The summed E-state index contributed by atoms with van der Waals surface area (Å²) in [5, 5.41) is 0. The molecule has 1 saturated heterocycles. The monoisotopic (exact) mass is 566 g/mol. The Morgan fingerprint density at radius 3 is 1.46 bits per heavy atom. The van der Waals surface area contributed by atoms with Crippen LogP contribution in [0.1, 0.15) is 34.1 Å². The average molecular weight is 567 g/mol. The first-order valence-corrected chi connectivity index (χ1v) is 24.7. The van der Waals surface area contributed by atoms with Crippen LogP contribution >= 0.6 is 0 Å². The van der Waals surface area contributed by atoms with Crippen LogP contribution in [0, 0.1) is 10.8 Å². The molecular formula is C23H50O8Si4. The number of ether oxygens (including phenoxy) is 3. The highest BCUT2D eigenvalue weighted by atomic mass is 28.5. The largest absolute Gasteiger partial charge is 0.469 e. The minimum absolute atomic E-state index is 0.0237. The first-order valence-electron chi connectivity index (χ1n) is 12.6. The number of epoxide rings is 1. The van der Waals surface area contributed by atoms with E-state index in [0.717, 1.165) is 0 Å². The molecule has 1 aliphatic heterocycles. The Hall–Kier alpha value is -0.352. The highest BCUT2D eigenvalue weighted by Crippen LogP contribution is 2.41. The van der Waals surface area contributed by atoms with Gasteiger partial charge in [-0.2, -0.15) is 0 Å². The van der Waals surface area contributed by atoms with Crippen LogP contribution in [0.25, 0.3) is 0 Å². The van der Waals surface area contributed by atoms with Crippen LogP contribution < -0.4 is 0 Å². The Kier molecular flexibility index (Phi) is 10.8. The van der Waals surface area contributed by atoms with E-state index in [2.05, 4.69) is 58.9 Å². The first-order chi connectivity index (χ1) is 15.5. The summed E-state index contributed by atoms with van der Waals surface area (Å²) < 4.78 is 36.2. The Balaban J connectivity index is 2.87. The molecule has 1 heterocycles. The number of carbonyl (C=O) groups excluding carboxylic acids is 2. The quantitative estimate of drug-likeness (QED) is 0.112. The fourth-order valence-corrected chi connectivity index (χ4v) is 17.9. The molecule has 0 N–H and O–H groups in total. The van der Waals surface area contributed by atoms with Gasteiger partial charge in [0.05, 0.1) is 24.0 Å². The highest BCUT2D eigenvalue weighted by molar-refractivity contribution is 6.90. The second-order valence-electron chi connectivity index (χ2n) is 13.4. The molecule has 1 aliphatic rings. The summed E-state index contributed by atoms with van der Waals surface area (Å²) in [6, 6.07) is 0.590. The molecule has 35 heavy (non-hydrogen) atoms. The van der Waals surface area contributed by atoms with Crippen LogP contribution in [0.15, 0.2) is 0 Å². The van der Waals surface area contributed by atoms with Crippen molar-refractivity contribution in [1.29, 1.82) is 0 Å². The molecule has 0 amide bonds. The van der Waals surface area contributed by atoms with Crippen molar-refractivity contribution < 1.29 is 36.1 Å². The van der Waals surface area contributed by atoms with Crippen molar-refractivity contribution in [3.05, 3.63) is 0 Å². The Morgan fingerprint density at radius 1 is 0.743 bits per heavy atom. The molecular weight excluding hydrogens is 517 g/mol. The van der Waals surface area contributed by atoms with Crippen LogP contribution in [0.3, 0.4) is 0 Å². The summed E-state index contributed by atoms with van der Waals surface area (Å²) in [5.41, 5.74) is -2.12. The molecule has 0 bridgehead atoms. The molecule has 1 fully saturated rings. The maximum atomic E-state index is 13.1. The van der Waals surface area contributed by atoms with E-state index in [-0.39, 0.29) is 19.3 Å². The molecule has 1 atom stereocenters. The molecule has 0 aliphatic carbocycles. The third kappa shape index (κ3) is 11.3. The first kappa shape index (κ1) is 32.7. The van der Waals surface area contributed by atoms with E-state index in [9.17, 15) is 9.59 Å². The lowest BCUT2D eigenvalue weighted by molar-refractivity contribution is -0.175. The SMILES string of the molecule is CC(C)(C(=O)OCCC[Si](O[Si](C)(C)C)(O[Si](C)(C)C)O[Si](C)(C)C)C(C)(C)C(=O)OCC1CO1. The fourth-order valence-electron chi connectivity index (χ4n) is 3.27. The smallest absolute Gasteiger partial charge is 0.465 e. The van der Waals surface area contributed by atoms with Gasteiger partial charge in [0.25, 0.3) is 0 Å². The van der Waals surface area contributed by atoms with Gasteiger partial charge in [-0.15, -0.1) is 0 Å². The average Bonchev–Trinajstić information content (AvgIpc) is 3.42. The predicted molar refractivity (Wildman–Crippen MR) is 148 cm³/mol. The van der Waals surface area contributed by atoms with Crippen LogP contribution in [0.4, 0.5) is 0 Å². The summed E-state index contributed by atoms with van der Waals surface area (Å²) in [7, 11) is -8.88. The topological polar surface area (TPSA) is 92.8 Å². The van der Waals surface area contributed by atoms with Gasteiger partial charge < -0.3 is 26.6 Å². The van der Waals surface area contributed by atoms with E-state index in [1.807, 2.05) is 0 Å². The third-order valence-electron chi connectivity index (χ3n) is 5.63.